The SMILES string of the molecule is COC1OC2(OC)CC3CCC(O)C(C)C3(C)C(OC)C2=C1C. The molecule has 7 atom stereocenters. The Kier molecular flexibility index (Phi) is 4.39. The van der Waals surface area contributed by atoms with Crippen LogP contribution in [0.4, 0.5) is 0 Å². The molecular formula is C18H30O5. The van der Waals surface area contributed by atoms with Crippen LogP contribution in [-0.2, 0) is 18.9 Å². The van der Waals surface area contributed by atoms with Gasteiger partial charge in [0.05, 0.1) is 12.2 Å². The quantitative estimate of drug-likeness (QED) is 0.808. The van der Waals surface area contributed by atoms with Crippen molar-refractivity contribution >= 4 is 0 Å². The summed E-state index contributed by atoms with van der Waals surface area (Å²) in [6.45, 7) is 6.42. The maximum Gasteiger partial charge on any atom is 0.196 e. The maximum absolute atomic E-state index is 10.5. The molecule has 0 aromatic rings. The van der Waals surface area contributed by atoms with E-state index in [2.05, 4.69) is 13.8 Å². The smallest absolute Gasteiger partial charge is 0.196 e. The van der Waals surface area contributed by atoms with Crippen LogP contribution in [0.15, 0.2) is 11.1 Å². The van der Waals surface area contributed by atoms with Gasteiger partial charge in [-0.3, -0.25) is 0 Å². The Morgan fingerprint density at radius 3 is 2.43 bits per heavy atom. The first-order valence-corrected chi connectivity index (χ1v) is 8.53. The van der Waals surface area contributed by atoms with Crippen LogP contribution in [0.3, 0.4) is 0 Å². The second-order valence-electron chi connectivity index (χ2n) is 7.56. The first-order chi connectivity index (χ1) is 10.9. The van der Waals surface area contributed by atoms with Gasteiger partial charge in [0.25, 0.3) is 0 Å². The summed E-state index contributed by atoms with van der Waals surface area (Å²) in [6, 6.07) is 0. The minimum Gasteiger partial charge on any atom is -0.393 e. The summed E-state index contributed by atoms with van der Waals surface area (Å²) in [7, 11) is 5.09. The van der Waals surface area contributed by atoms with Gasteiger partial charge >= 0.3 is 0 Å². The number of aliphatic hydroxyl groups excluding tert-OH is 1. The molecule has 3 rings (SSSR count). The first kappa shape index (κ1) is 17.4. The fourth-order valence-electron chi connectivity index (χ4n) is 5.28. The molecule has 5 heteroatoms. The number of aliphatic hydroxyl groups is 1. The zero-order chi connectivity index (χ0) is 17.0. The van der Waals surface area contributed by atoms with Crippen LogP contribution in [0, 0.1) is 17.3 Å². The van der Waals surface area contributed by atoms with Gasteiger partial charge in [0, 0.05) is 38.7 Å². The van der Waals surface area contributed by atoms with Crippen LogP contribution in [-0.4, -0.2) is 50.7 Å². The number of rotatable bonds is 3. The molecule has 0 bridgehead atoms. The van der Waals surface area contributed by atoms with Gasteiger partial charge in [-0.1, -0.05) is 13.8 Å². The predicted molar refractivity (Wildman–Crippen MR) is 85.7 cm³/mol. The van der Waals surface area contributed by atoms with Gasteiger partial charge < -0.3 is 24.1 Å². The molecule has 0 saturated heterocycles. The molecule has 23 heavy (non-hydrogen) atoms. The fourth-order valence-corrected chi connectivity index (χ4v) is 5.28. The van der Waals surface area contributed by atoms with E-state index in [4.69, 9.17) is 18.9 Å². The number of hydrogen-bond donors (Lipinski definition) is 1. The molecule has 2 aliphatic carbocycles. The Hall–Kier alpha value is -0.460. The highest BCUT2D eigenvalue weighted by Gasteiger charge is 2.64. The van der Waals surface area contributed by atoms with E-state index in [1.165, 1.54) is 0 Å². The molecule has 0 aromatic carbocycles. The molecule has 0 spiro atoms. The van der Waals surface area contributed by atoms with Crippen molar-refractivity contribution in [2.75, 3.05) is 21.3 Å². The third-order valence-electron chi connectivity index (χ3n) is 6.86. The molecule has 0 radical (unpaired) electrons. The van der Waals surface area contributed by atoms with Gasteiger partial charge in [0.15, 0.2) is 12.1 Å². The standard InChI is InChI=1S/C18H30O5/c1-10-14-15(20-4)17(3)11(2)13(19)8-7-12(17)9-18(14,22-6)23-16(10)21-5/h11-13,15-16,19H,7-9H2,1-6H3. The first-order valence-electron chi connectivity index (χ1n) is 8.53. The summed E-state index contributed by atoms with van der Waals surface area (Å²) >= 11 is 0. The third kappa shape index (κ3) is 2.17. The number of hydrogen-bond acceptors (Lipinski definition) is 5. The Morgan fingerprint density at radius 1 is 1.17 bits per heavy atom. The number of ether oxygens (including phenoxy) is 4. The molecule has 5 nitrogen and oxygen atoms in total. The van der Waals surface area contributed by atoms with Crippen LogP contribution >= 0.6 is 0 Å². The van der Waals surface area contributed by atoms with Gasteiger partial charge in [-0.15, -0.1) is 0 Å². The summed E-state index contributed by atoms with van der Waals surface area (Å²) < 4.78 is 23.6. The van der Waals surface area contributed by atoms with E-state index in [-0.39, 0.29) is 23.5 Å². The van der Waals surface area contributed by atoms with E-state index in [9.17, 15) is 5.11 Å². The summed E-state index contributed by atoms with van der Waals surface area (Å²) in [4.78, 5) is 0. The van der Waals surface area contributed by atoms with Crippen LogP contribution in [0.5, 0.6) is 0 Å². The highest BCUT2D eigenvalue weighted by Crippen LogP contribution is 2.61. The molecule has 1 heterocycles. The zero-order valence-corrected chi connectivity index (χ0v) is 15.1. The topological polar surface area (TPSA) is 57.2 Å². The molecule has 2 fully saturated rings. The van der Waals surface area contributed by atoms with Crippen molar-refractivity contribution in [2.45, 2.75) is 64.3 Å². The van der Waals surface area contributed by atoms with Crippen molar-refractivity contribution in [2.24, 2.45) is 17.3 Å². The van der Waals surface area contributed by atoms with E-state index >= 15 is 0 Å². The summed E-state index contributed by atoms with van der Waals surface area (Å²) in [5.74, 6) is -0.238. The van der Waals surface area contributed by atoms with Crippen molar-refractivity contribution in [1.29, 1.82) is 0 Å². The van der Waals surface area contributed by atoms with E-state index in [0.717, 1.165) is 30.4 Å². The molecule has 3 aliphatic rings. The van der Waals surface area contributed by atoms with Crippen LogP contribution < -0.4 is 0 Å². The molecule has 1 N–H and O–H groups in total. The second-order valence-corrected chi connectivity index (χ2v) is 7.56. The molecular weight excluding hydrogens is 296 g/mol. The van der Waals surface area contributed by atoms with E-state index in [1.54, 1.807) is 21.3 Å². The molecule has 0 aromatic heterocycles. The molecule has 132 valence electrons. The summed E-state index contributed by atoms with van der Waals surface area (Å²) in [5, 5.41) is 10.5. The van der Waals surface area contributed by atoms with Gasteiger partial charge in [-0.05, 0) is 37.2 Å². The average molecular weight is 326 g/mol. The fraction of sp³-hybridized carbons (Fsp3) is 0.889. The Morgan fingerprint density at radius 2 is 1.87 bits per heavy atom. The summed E-state index contributed by atoms with van der Waals surface area (Å²) in [6.07, 6.45) is 1.73. The summed E-state index contributed by atoms with van der Waals surface area (Å²) in [5.41, 5.74) is 1.94. The van der Waals surface area contributed by atoms with Crippen molar-refractivity contribution in [1.82, 2.24) is 0 Å². The number of fused-ring (bicyclic) bond motifs is 2. The second kappa shape index (κ2) is 5.81. The number of methoxy groups -OCH3 is 3. The van der Waals surface area contributed by atoms with Gasteiger partial charge in [-0.25, -0.2) is 0 Å². The van der Waals surface area contributed by atoms with Crippen LogP contribution in [0.2, 0.25) is 0 Å². The molecule has 0 amide bonds. The maximum atomic E-state index is 10.5. The highest BCUT2D eigenvalue weighted by atomic mass is 16.8. The van der Waals surface area contributed by atoms with E-state index in [0.29, 0.717) is 5.92 Å². The van der Waals surface area contributed by atoms with Gasteiger partial charge in [0.2, 0.25) is 0 Å². The minimum atomic E-state index is -0.766. The van der Waals surface area contributed by atoms with Crippen molar-refractivity contribution in [3.8, 4) is 0 Å². The Balaban J connectivity index is 2.13. The monoisotopic (exact) mass is 326 g/mol. The lowest BCUT2D eigenvalue weighted by Crippen LogP contribution is -2.61. The van der Waals surface area contributed by atoms with Crippen molar-refractivity contribution in [3.05, 3.63) is 11.1 Å². The Bertz CT molecular complexity index is 504. The predicted octanol–water partition coefficient (Wildman–Crippen LogP) is 2.48. The van der Waals surface area contributed by atoms with Crippen LogP contribution in [0.1, 0.15) is 40.0 Å². The largest absolute Gasteiger partial charge is 0.393 e. The molecule has 7 unspecified atom stereocenters. The molecule has 2 saturated carbocycles. The average Bonchev–Trinajstić information content (AvgIpc) is 2.83. The van der Waals surface area contributed by atoms with E-state index < -0.39 is 12.1 Å². The lowest BCUT2D eigenvalue weighted by Gasteiger charge is -2.58. The van der Waals surface area contributed by atoms with E-state index in [1.807, 2.05) is 6.92 Å². The van der Waals surface area contributed by atoms with Gasteiger partial charge in [0.1, 0.15) is 0 Å². The third-order valence-corrected chi connectivity index (χ3v) is 6.86. The zero-order valence-electron chi connectivity index (χ0n) is 15.1. The van der Waals surface area contributed by atoms with Gasteiger partial charge in [-0.2, -0.15) is 0 Å². The molecule has 1 aliphatic heterocycles. The van der Waals surface area contributed by atoms with Crippen LogP contribution in [0.25, 0.3) is 0 Å². The Labute approximate surface area is 138 Å². The highest BCUT2D eigenvalue weighted by molar-refractivity contribution is 5.36. The lowest BCUT2D eigenvalue weighted by atomic mass is 9.51. The minimum absolute atomic E-state index is 0.142. The van der Waals surface area contributed by atoms with Crippen molar-refractivity contribution in [3.63, 3.8) is 0 Å². The van der Waals surface area contributed by atoms with Crippen molar-refractivity contribution < 1.29 is 24.1 Å². The lowest BCUT2D eigenvalue weighted by molar-refractivity contribution is -0.286. The normalized spacial score (nSPS) is 50.0.